The number of rotatable bonds is 3. The molecule has 0 radical (unpaired) electrons. The fraction of sp³-hybridized carbons (Fsp3) is 0.533. The molecule has 1 saturated carbocycles. The first-order chi connectivity index (χ1) is 8.97. The Morgan fingerprint density at radius 2 is 2.05 bits per heavy atom. The SMILES string of the molecule is CC1CCC(Oc2cc(Cl)ccc2C(N)=S)CC1C. The van der Waals surface area contributed by atoms with Crippen LogP contribution in [0.25, 0.3) is 0 Å². The van der Waals surface area contributed by atoms with Crippen molar-refractivity contribution in [3.8, 4) is 5.75 Å². The highest BCUT2D eigenvalue weighted by atomic mass is 35.5. The average molecular weight is 298 g/mol. The summed E-state index contributed by atoms with van der Waals surface area (Å²) in [5.74, 6) is 2.17. The molecular weight excluding hydrogens is 278 g/mol. The van der Waals surface area contributed by atoms with Crippen LogP contribution < -0.4 is 10.5 Å². The monoisotopic (exact) mass is 297 g/mol. The summed E-state index contributed by atoms with van der Waals surface area (Å²) in [5.41, 5.74) is 6.50. The molecule has 0 saturated heterocycles. The van der Waals surface area contributed by atoms with Gasteiger partial charge in [-0.25, -0.2) is 0 Å². The molecule has 3 unspecified atom stereocenters. The zero-order valence-corrected chi connectivity index (χ0v) is 12.9. The third-order valence-electron chi connectivity index (χ3n) is 4.05. The van der Waals surface area contributed by atoms with Crippen molar-refractivity contribution in [2.45, 2.75) is 39.2 Å². The minimum Gasteiger partial charge on any atom is -0.490 e. The van der Waals surface area contributed by atoms with E-state index in [0.29, 0.717) is 21.7 Å². The van der Waals surface area contributed by atoms with Gasteiger partial charge in [0.15, 0.2) is 0 Å². The molecule has 2 nitrogen and oxygen atoms in total. The van der Waals surface area contributed by atoms with Gasteiger partial charge in [-0.1, -0.05) is 37.7 Å². The van der Waals surface area contributed by atoms with Crippen molar-refractivity contribution in [3.63, 3.8) is 0 Å². The predicted molar refractivity (Wildman–Crippen MR) is 83.9 cm³/mol. The minimum absolute atomic E-state index is 0.234. The van der Waals surface area contributed by atoms with Crippen LogP contribution in [0.1, 0.15) is 38.7 Å². The molecule has 0 amide bonds. The van der Waals surface area contributed by atoms with Gasteiger partial charge in [-0.15, -0.1) is 0 Å². The van der Waals surface area contributed by atoms with Crippen LogP contribution in [0.2, 0.25) is 5.02 Å². The van der Waals surface area contributed by atoms with Gasteiger partial charge in [-0.2, -0.15) is 0 Å². The second kappa shape index (κ2) is 6.10. The molecule has 1 aromatic carbocycles. The fourth-order valence-corrected chi connectivity index (χ4v) is 2.91. The van der Waals surface area contributed by atoms with Gasteiger partial charge in [0.2, 0.25) is 0 Å². The van der Waals surface area contributed by atoms with Crippen molar-refractivity contribution in [1.29, 1.82) is 0 Å². The van der Waals surface area contributed by atoms with Crippen LogP contribution >= 0.6 is 23.8 Å². The maximum atomic E-state index is 6.10. The molecule has 19 heavy (non-hydrogen) atoms. The van der Waals surface area contributed by atoms with Crippen molar-refractivity contribution in [3.05, 3.63) is 28.8 Å². The van der Waals surface area contributed by atoms with Crippen LogP contribution in [0.5, 0.6) is 5.75 Å². The molecule has 0 aromatic heterocycles. The summed E-state index contributed by atoms with van der Waals surface area (Å²) in [7, 11) is 0. The van der Waals surface area contributed by atoms with E-state index >= 15 is 0 Å². The van der Waals surface area contributed by atoms with E-state index < -0.39 is 0 Å². The summed E-state index contributed by atoms with van der Waals surface area (Å²) in [6.07, 6.45) is 3.59. The van der Waals surface area contributed by atoms with Crippen LogP contribution in [0, 0.1) is 11.8 Å². The molecule has 0 aliphatic heterocycles. The van der Waals surface area contributed by atoms with Gasteiger partial charge in [0.1, 0.15) is 10.7 Å². The molecule has 3 atom stereocenters. The van der Waals surface area contributed by atoms with E-state index in [-0.39, 0.29) is 6.10 Å². The zero-order chi connectivity index (χ0) is 14.0. The first kappa shape index (κ1) is 14.6. The maximum Gasteiger partial charge on any atom is 0.131 e. The van der Waals surface area contributed by atoms with Crippen LogP contribution in [0.3, 0.4) is 0 Å². The first-order valence-corrected chi connectivity index (χ1v) is 7.52. The summed E-state index contributed by atoms with van der Waals surface area (Å²) in [6, 6.07) is 5.42. The van der Waals surface area contributed by atoms with E-state index in [4.69, 9.17) is 34.3 Å². The number of hydrogen-bond donors (Lipinski definition) is 1. The Balaban J connectivity index is 2.14. The molecule has 2 N–H and O–H groups in total. The minimum atomic E-state index is 0.234. The summed E-state index contributed by atoms with van der Waals surface area (Å²) >= 11 is 11.1. The van der Waals surface area contributed by atoms with E-state index in [1.807, 2.05) is 6.07 Å². The van der Waals surface area contributed by atoms with Crippen molar-refractivity contribution < 1.29 is 4.74 Å². The molecule has 0 heterocycles. The van der Waals surface area contributed by atoms with Crippen molar-refractivity contribution in [1.82, 2.24) is 0 Å². The highest BCUT2D eigenvalue weighted by molar-refractivity contribution is 7.80. The Morgan fingerprint density at radius 3 is 2.68 bits per heavy atom. The smallest absolute Gasteiger partial charge is 0.131 e. The highest BCUT2D eigenvalue weighted by Crippen LogP contribution is 2.33. The standard InChI is InChI=1S/C15H20ClNOS/c1-9-3-5-12(7-10(9)2)18-14-8-11(16)4-6-13(14)15(17)19/h4,6,8-10,12H,3,5,7H2,1-2H3,(H2,17,19). The Bertz CT molecular complexity index is 477. The summed E-state index contributed by atoms with van der Waals surface area (Å²) in [4.78, 5) is 0.351. The lowest BCUT2D eigenvalue weighted by molar-refractivity contribution is 0.100. The molecule has 104 valence electrons. The molecule has 1 aromatic rings. The average Bonchev–Trinajstić information content (AvgIpc) is 2.33. The van der Waals surface area contributed by atoms with Crippen molar-refractivity contribution in [2.75, 3.05) is 0 Å². The summed E-state index contributed by atoms with van der Waals surface area (Å²) < 4.78 is 6.10. The molecule has 1 fully saturated rings. The molecule has 4 heteroatoms. The van der Waals surface area contributed by atoms with E-state index in [9.17, 15) is 0 Å². The van der Waals surface area contributed by atoms with Crippen molar-refractivity contribution in [2.24, 2.45) is 17.6 Å². The summed E-state index contributed by atoms with van der Waals surface area (Å²) in [6.45, 7) is 4.59. The van der Waals surface area contributed by atoms with Gasteiger partial charge in [0.05, 0.1) is 11.7 Å². The summed E-state index contributed by atoms with van der Waals surface area (Å²) in [5, 5.41) is 0.646. The third kappa shape index (κ3) is 3.61. The topological polar surface area (TPSA) is 35.2 Å². The zero-order valence-electron chi connectivity index (χ0n) is 11.4. The van der Waals surface area contributed by atoms with E-state index in [0.717, 1.165) is 24.3 Å². The van der Waals surface area contributed by atoms with Crippen LogP contribution in [-0.4, -0.2) is 11.1 Å². The number of nitrogens with two attached hydrogens (primary N) is 1. The van der Waals surface area contributed by atoms with Gasteiger partial charge in [0.25, 0.3) is 0 Å². The molecule has 2 rings (SSSR count). The largest absolute Gasteiger partial charge is 0.490 e. The normalized spacial score (nSPS) is 27.0. The maximum absolute atomic E-state index is 6.10. The second-order valence-corrected chi connectivity index (χ2v) is 6.39. The quantitative estimate of drug-likeness (QED) is 0.850. The lowest BCUT2D eigenvalue weighted by atomic mass is 9.80. The predicted octanol–water partition coefficient (Wildman–Crippen LogP) is 4.18. The third-order valence-corrected chi connectivity index (χ3v) is 4.51. The number of benzene rings is 1. The number of thiocarbonyl (C=S) groups is 1. The van der Waals surface area contributed by atoms with E-state index in [1.165, 1.54) is 6.42 Å². The number of ether oxygens (including phenoxy) is 1. The van der Waals surface area contributed by atoms with Crippen LogP contribution in [0.4, 0.5) is 0 Å². The lowest BCUT2D eigenvalue weighted by Crippen LogP contribution is -2.29. The molecule has 1 aliphatic carbocycles. The highest BCUT2D eigenvalue weighted by Gasteiger charge is 2.26. The van der Waals surface area contributed by atoms with Crippen molar-refractivity contribution >= 4 is 28.8 Å². The first-order valence-electron chi connectivity index (χ1n) is 6.73. The molecule has 0 spiro atoms. The Morgan fingerprint density at radius 1 is 1.32 bits per heavy atom. The van der Waals surface area contributed by atoms with Gasteiger partial charge < -0.3 is 10.5 Å². The van der Waals surface area contributed by atoms with Crippen LogP contribution in [-0.2, 0) is 0 Å². The van der Waals surface area contributed by atoms with Gasteiger partial charge >= 0.3 is 0 Å². The Hall–Kier alpha value is -0.800. The van der Waals surface area contributed by atoms with Gasteiger partial charge in [-0.05, 0) is 49.3 Å². The molecule has 0 bridgehead atoms. The lowest BCUT2D eigenvalue weighted by Gasteiger charge is -2.32. The van der Waals surface area contributed by atoms with Gasteiger partial charge in [0, 0.05) is 5.02 Å². The molecular formula is C15H20ClNOS. The number of halogens is 1. The second-order valence-electron chi connectivity index (χ2n) is 5.51. The Kier molecular flexibility index (Phi) is 4.69. The Labute approximate surface area is 125 Å². The fourth-order valence-electron chi connectivity index (χ4n) is 2.58. The molecule has 1 aliphatic rings. The number of hydrogen-bond acceptors (Lipinski definition) is 2. The van der Waals surface area contributed by atoms with E-state index in [1.54, 1.807) is 12.1 Å². The van der Waals surface area contributed by atoms with Gasteiger partial charge in [-0.3, -0.25) is 0 Å². The van der Waals surface area contributed by atoms with E-state index in [2.05, 4.69) is 13.8 Å². The van der Waals surface area contributed by atoms with Crippen LogP contribution in [0.15, 0.2) is 18.2 Å².